The summed E-state index contributed by atoms with van der Waals surface area (Å²) in [6.45, 7) is 5.19. The average Bonchev–Trinajstić information content (AvgIpc) is 2.30. The van der Waals surface area contributed by atoms with E-state index in [0.29, 0.717) is 23.5 Å². The van der Waals surface area contributed by atoms with Crippen molar-refractivity contribution in [3.8, 4) is 5.75 Å². The van der Waals surface area contributed by atoms with Crippen LogP contribution in [0.25, 0.3) is 0 Å². The molecule has 2 N–H and O–H groups in total. The predicted octanol–water partition coefficient (Wildman–Crippen LogP) is 2.14. The van der Waals surface area contributed by atoms with E-state index in [4.69, 9.17) is 4.74 Å². The molecule has 0 fully saturated rings. The third-order valence-electron chi connectivity index (χ3n) is 2.74. The minimum atomic E-state index is -0.874. The zero-order chi connectivity index (χ0) is 13.3. The molecule has 0 radical (unpaired) electrons. The maximum atomic E-state index is 11.7. The second kappa shape index (κ2) is 4.33. The van der Waals surface area contributed by atoms with Crippen LogP contribution < -0.4 is 15.4 Å². The molecule has 0 unspecified atom stereocenters. The van der Waals surface area contributed by atoms with Gasteiger partial charge in [0.2, 0.25) is 5.91 Å². The molecule has 2 rings (SSSR count). The number of ether oxygens (including phenoxy) is 1. The van der Waals surface area contributed by atoms with Crippen molar-refractivity contribution in [1.29, 1.82) is 0 Å². The lowest BCUT2D eigenvalue weighted by molar-refractivity contribution is -0.129. The molecule has 0 bridgehead atoms. The molecule has 18 heavy (non-hydrogen) atoms. The molecule has 0 spiro atoms. The van der Waals surface area contributed by atoms with Crippen molar-refractivity contribution in [3.63, 3.8) is 0 Å². The van der Waals surface area contributed by atoms with Gasteiger partial charge in [0, 0.05) is 12.1 Å². The molecule has 1 aliphatic rings. The van der Waals surface area contributed by atoms with Crippen molar-refractivity contribution in [2.24, 2.45) is 0 Å². The lowest BCUT2D eigenvalue weighted by Crippen LogP contribution is -2.45. The first-order valence-corrected chi connectivity index (χ1v) is 5.87. The van der Waals surface area contributed by atoms with Gasteiger partial charge in [-0.1, -0.05) is 6.92 Å². The number of carbonyl (C=O) groups is 2. The highest BCUT2D eigenvalue weighted by atomic mass is 16.5. The van der Waals surface area contributed by atoms with Gasteiger partial charge in [0.1, 0.15) is 5.75 Å². The van der Waals surface area contributed by atoms with Crippen LogP contribution in [-0.4, -0.2) is 17.4 Å². The number of benzene rings is 1. The maximum absolute atomic E-state index is 11.7. The van der Waals surface area contributed by atoms with Crippen molar-refractivity contribution < 1.29 is 14.3 Å². The molecular weight excluding hydrogens is 232 g/mol. The van der Waals surface area contributed by atoms with E-state index in [9.17, 15) is 9.59 Å². The molecule has 0 saturated carbocycles. The van der Waals surface area contributed by atoms with E-state index >= 15 is 0 Å². The van der Waals surface area contributed by atoms with Crippen molar-refractivity contribution in [2.75, 3.05) is 10.6 Å². The fraction of sp³-hybridized carbons (Fsp3) is 0.385. The first kappa shape index (κ1) is 12.4. The summed E-state index contributed by atoms with van der Waals surface area (Å²) >= 11 is 0. The molecule has 1 aromatic rings. The number of rotatable bonds is 2. The molecular formula is C13H16N2O3. The fourth-order valence-electron chi connectivity index (χ4n) is 1.64. The van der Waals surface area contributed by atoms with Gasteiger partial charge in [0.05, 0.1) is 5.69 Å². The van der Waals surface area contributed by atoms with Crippen LogP contribution in [0.15, 0.2) is 18.2 Å². The summed E-state index contributed by atoms with van der Waals surface area (Å²) in [5.74, 6) is 0.335. The van der Waals surface area contributed by atoms with Gasteiger partial charge in [0.15, 0.2) is 5.60 Å². The molecule has 1 aromatic carbocycles. The van der Waals surface area contributed by atoms with E-state index in [1.807, 2.05) is 0 Å². The Morgan fingerprint density at radius 2 is 2.17 bits per heavy atom. The van der Waals surface area contributed by atoms with E-state index < -0.39 is 5.60 Å². The van der Waals surface area contributed by atoms with Crippen LogP contribution in [0.1, 0.15) is 27.2 Å². The van der Waals surface area contributed by atoms with E-state index in [2.05, 4.69) is 10.6 Å². The molecule has 0 aromatic heterocycles. The number of nitrogens with one attached hydrogen (secondary N) is 2. The Morgan fingerprint density at radius 3 is 2.83 bits per heavy atom. The molecule has 2 amide bonds. The summed E-state index contributed by atoms with van der Waals surface area (Å²) in [5.41, 5.74) is 0.346. The van der Waals surface area contributed by atoms with E-state index in [1.165, 1.54) is 0 Å². The van der Waals surface area contributed by atoms with Gasteiger partial charge in [-0.25, -0.2) is 0 Å². The number of hydrogen-bond acceptors (Lipinski definition) is 3. The van der Waals surface area contributed by atoms with Crippen molar-refractivity contribution in [3.05, 3.63) is 18.2 Å². The third-order valence-corrected chi connectivity index (χ3v) is 2.74. The summed E-state index contributed by atoms with van der Waals surface area (Å²) in [5, 5.41) is 5.50. The van der Waals surface area contributed by atoms with Gasteiger partial charge >= 0.3 is 0 Å². The quantitative estimate of drug-likeness (QED) is 0.842. The summed E-state index contributed by atoms with van der Waals surface area (Å²) < 4.78 is 5.59. The number of anilines is 2. The van der Waals surface area contributed by atoms with Crippen LogP contribution in [0.2, 0.25) is 0 Å². The number of hydrogen-bond donors (Lipinski definition) is 2. The minimum Gasteiger partial charge on any atom is -0.476 e. The van der Waals surface area contributed by atoms with Gasteiger partial charge in [-0.05, 0) is 32.0 Å². The van der Waals surface area contributed by atoms with Gasteiger partial charge in [0.25, 0.3) is 5.91 Å². The van der Waals surface area contributed by atoms with E-state index in [1.54, 1.807) is 39.0 Å². The van der Waals surface area contributed by atoms with Crippen molar-refractivity contribution >= 4 is 23.2 Å². The second-order valence-corrected chi connectivity index (χ2v) is 4.68. The normalized spacial score (nSPS) is 16.3. The molecule has 0 saturated heterocycles. The topological polar surface area (TPSA) is 67.4 Å². The first-order chi connectivity index (χ1) is 8.42. The fourth-order valence-corrected chi connectivity index (χ4v) is 1.64. The van der Waals surface area contributed by atoms with Gasteiger partial charge in [-0.2, -0.15) is 0 Å². The summed E-state index contributed by atoms with van der Waals surface area (Å²) in [4.78, 5) is 23.0. The molecule has 0 atom stereocenters. The van der Waals surface area contributed by atoms with Crippen LogP contribution in [0.5, 0.6) is 5.75 Å². The molecule has 1 heterocycles. The Morgan fingerprint density at radius 1 is 1.44 bits per heavy atom. The Bertz CT molecular complexity index is 509. The SMILES string of the molecule is CCC(=O)Nc1ccc2c(c1)NC(=O)C(C)(C)O2. The minimum absolute atomic E-state index is 0.0710. The van der Waals surface area contributed by atoms with E-state index in [-0.39, 0.29) is 11.8 Å². The highest BCUT2D eigenvalue weighted by molar-refractivity contribution is 6.01. The third kappa shape index (κ3) is 2.30. The summed E-state index contributed by atoms with van der Waals surface area (Å²) in [7, 11) is 0. The monoisotopic (exact) mass is 248 g/mol. The van der Waals surface area contributed by atoms with Crippen LogP contribution >= 0.6 is 0 Å². The summed E-state index contributed by atoms with van der Waals surface area (Å²) in [6, 6.07) is 5.18. The van der Waals surface area contributed by atoms with Crippen LogP contribution in [0, 0.1) is 0 Å². The highest BCUT2D eigenvalue weighted by Gasteiger charge is 2.35. The predicted molar refractivity (Wildman–Crippen MR) is 68.7 cm³/mol. The van der Waals surface area contributed by atoms with Gasteiger partial charge in [-0.15, -0.1) is 0 Å². The van der Waals surface area contributed by atoms with E-state index in [0.717, 1.165) is 0 Å². The molecule has 5 nitrogen and oxygen atoms in total. The van der Waals surface area contributed by atoms with Crippen molar-refractivity contribution in [1.82, 2.24) is 0 Å². The van der Waals surface area contributed by atoms with Gasteiger partial charge in [-0.3, -0.25) is 9.59 Å². The number of fused-ring (bicyclic) bond motifs is 1. The Kier molecular flexibility index (Phi) is 2.98. The van der Waals surface area contributed by atoms with Crippen LogP contribution in [0.3, 0.4) is 0 Å². The highest BCUT2D eigenvalue weighted by Crippen LogP contribution is 2.35. The largest absolute Gasteiger partial charge is 0.476 e. The van der Waals surface area contributed by atoms with Crippen LogP contribution in [0.4, 0.5) is 11.4 Å². The Balaban J connectivity index is 2.26. The standard InChI is InChI=1S/C13H16N2O3/c1-4-11(16)14-8-5-6-10-9(7-8)15-12(17)13(2,3)18-10/h5-7H,4H2,1-3H3,(H,14,16)(H,15,17). The molecule has 5 heteroatoms. The zero-order valence-electron chi connectivity index (χ0n) is 10.7. The lowest BCUT2D eigenvalue weighted by Gasteiger charge is -2.31. The van der Waals surface area contributed by atoms with Gasteiger partial charge < -0.3 is 15.4 Å². The Labute approximate surface area is 106 Å². The molecule has 0 aliphatic carbocycles. The number of amides is 2. The molecule has 1 aliphatic heterocycles. The summed E-state index contributed by atoms with van der Waals surface area (Å²) in [6.07, 6.45) is 0.410. The second-order valence-electron chi connectivity index (χ2n) is 4.68. The van der Waals surface area contributed by atoms with Crippen LogP contribution in [-0.2, 0) is 9.59 Å². The zero-order valence-corrected chi connectivity index (χ0v) is 10.7. The first-order valence-electron chi connectivity index (χ1n) is 5.87. The maximum Gasteiger partial charge on any atom is 0.268 e. The smallest absolute Gasteiger partial charge is 0.268 e. The number of carbonyl (C=O) groups excluding carboxylic acids is 2. The Hall–Kier alpha value is -2.04. The van der Waals surface area contributed by atoms with Crippen molar-refractivity contribution in [2.45, 2.75) is 32.8 Å². The molecule has 96 valence electrons. The lowest BCUT2D eigenvalue weighted by atomic mass is 10.1. The average molecular weight is 248 g/mol.